The van der Waals surface area contributed by atoms with Crippen LogP contribution in [-0.4, -0.2) is 52.6 Å². The molecular formula is C22H28N2O5S. The van der Waals surface area contributed by atoms with Gasteiger partial charge in [-0.15, -0.1) is 0 Å². The van der Waals surface area contributed by atoms with Gasteiger partial charge in [-0.05, 0) is 62.2 Å². The Hall–Kier alpha value is -2.42. The van der Waals surface area contributed by atoms with Crippen LogP contribution in [0.25, 0.3) is 0 Å². The summed E-state index contributed by atoms with van der Waals surface area (Å²) >= 11 is 0. The molecule has 3 rings (SSSR count). The van der Waals surface area contributed by atoms with E-state index < -0.39 is 16.0 Å². The van der Waals surface area contributed by atoms with Gasteiger partial charge in [-0.3, -0.25) is 0 Å². The Kier molecular flexibility index (Phi) is 7.12. The van der Waals surface area contributed by atoms with Gasteiger partial charge >= 0.3 is 5.97 Å². The molecule has 0 bridgehead atoms. The molecule has 30 heavy (non-hydrogen) atoms. The van der Waals surface area contributed by atoms with Crippen molar-refractivity contribution in [1.29, 1.82) is 0 Å². The smallest absolute Gasteiger partial charge is 0.337 e. The first-order valence-electron chi connectivity index (χ1n) is 9.91. The molecule has 1 aliphatic heterocycles. The van der Waals surface area contributed by atoms with E-state index in [9.17, 15) is 13.2 Å². The van der Waals surface area contributed by atoms with Crippen molar-refractivity contribution in [3.8, 4) is 5.75 Å². The van der Waals surface area contributed by atoms with Crippen LogP contribution in [0.15, 0.2) is 47.4 Å². The number of nitrogens with one attached hydrogen (secondary N) is 1. The van der Waals surface area contributed by atoms with Crippen LogP contribution in [0.1, 0.15) is 34.3 Å². The zero-order chi connectivity index (χ0) is 21.7. The minimum absolute atomic E-state index is 0.0626. The first-order chi connectivity index (χ1) is 14.3. The number of piperidine rings is 1. The Morgan fingerprint density at radius 1 is 1.13 bits per heavy atom. The highest BCUT2D eigenvalue weighted by atomic mass is 32.2. The second-order valence-corrected chi connectivity index (χ2v) is 9.30. The molecule has 0 spiro atoms. The van der Waals surface area contributed by atoms with Crippen LogP contribution in [0.3, 0.4) is 0 Å². The van der Waals surface area contributed by atoms with Crippen LogP contribution in [-0.2, 0) is 21.3 Å². The van der Waals surface area contributed by atoms with Crippen LogP contribution in [0.4, 0.5) is 0 Å². The summed E-state index contributed by atoms with van der Waals surface area (Å²) in [5, 5.41) is 0. The topological polar surface area (TPSA) is 84.9 Å². The summed E-state index contributed by atoms with van der Waals surface area (Å²) in [4.78, 5) is 14.1. The van der Waals surface area contributed by atoms with Gasteiger partial charge < -0.3 is 14.4 Å². The van der Waals surface area contributed by atoms with Crippen molar-refractivity contribution >= 4 is 16.0 Å². The fourth-order valence-electron chi connectivity index (χ4n) is 3.37. The Labute approximate surface area is 178 Å². The van der Waals surface area contributed by atoms with E-state index in [1.807, 2.05) is 24.3 Å². The molecule has 162 valence electrons. The van der Waals surface area contributed by atoms with Gasteiger partial charge in [0.05, 0.1) is 17.6 Å². The summed E-state index contributed by atoms with van der Waals surface area (Å²) in [6.45, 7) is 3.88. The molecule has 8 heteroatoms. The number of ether oxygens (including phenoxy) is 2. The minimum Gasteiger partial charge on any atom is -0.490 e. The van der Waals surface area contributed by atoms with Crippen LogP contribution in [0, 0.1) is 6.92 Å². The molecule has 1 fully saturated rings. The maximum absolute atomic E-state index is 12.8. The number of methoxy groups -OCH3 is 1. The number of benzene rings is 2. The Bertz CT molecular complexity index is 981. The van der Waals surface area contributed by atoms with Crippen LogP contribution in [0.5, 0.6) is 5.75 Å². The summed E-state index contributed by atoms with van der Waals surface area (Å²) in [6, 6.07) is 11.9. The third kappa shape index (κ3) is 5.59. The van der Waals surface area contributed by atoms with Gasteiger partial charge in [0.25, 0.3) is 0 Å². The third-order valence-corrected chi connectivity index (χ3v) is 6.80. The maximum Gasteiger partial charge on any atom is 0.337 e. The highest BCUT2D eigenvalue weighted by molar-refractivity contribution is 7.89. The van der Waals surface area contributed by atoms with Gasteiger partial charge in [0.15, 0.2) is 0 Å². The van der Waals surface area contributed by atoms with Gasteiger partial charge in [0.2, 0.25) is 10.0 Å². The first kappa shape index (κ1) is 22.3. The van der Waals surface area contributed by atoms with Crippen LogP contribution >= 0.6 is 0 Å². The molecule has 7 nitrogen and oxygen atoms in total. The number of esters is 1. The van der Waals surface area contributed by atoms with Crippen molar-refractivity contribution in [3.63, 3.8) is 0 Å². The largest absolute Gasteiger partial charge is 0.490 e. The quantitative estimate of drug-likeness (QED) is 0.678. The second kappa shape index (κ2) is 9.59. The summed E-state index contributed by atoms with van der Waals surface area (Å²) in [7, 11) is -0.416. The van der Waals surface area contributed by atoms with Gasteiger partial charge in [-0.2, -0.15) is 0 Å². The monoisotopic (exact) mass is 432 g/mol. The number of aryl methyl sites for hydroxylation is 1. The number of hydrogen-bond donors (Lipinski definition) is 1. The minimum atomic E-state index is -3.79. The van der Waals surface area contributed by atoms with Crippen molar-refractivity contribution in [3.05, 3.63) is 59.2 Å². The van der Waals surface area contributed by atoms with E-state index in [2.05, 4.69) is 21.4 Å². The maximum atomic E-state index is 12.8. The van der Waals surface area contributed by atoms with Crippen molar-refractivity contribution in [2.45, 2.75) is 37.3 Å². The molecule has 0 atom stereocenters. The van der Waals surface area contributed by atoms with Crippen molar-refractivity contribution in [2.24, 2.45) is 0 Å². The Morgan fingerprint density at radius 3 is 2.43 bits per heavy atom. The standard InChI is InChI=1S/C22H28N2O5S/c1-16-4-7-18(22(25)28-3)14-21(16)30(26,27)23-15-17-5-8-19(9-6-17)29-20-10-12-24(2)13-11-20/h4-9,14,20,23H,10-13,15H2,1-3H3. The molecule has 1 aliphatic rings. The fraction of sp³-hybridized carbons (Fsp3) is 0.409. The van der Waals surface area contributed by atoms with E-state index in [0.717, 1.165) is 37.2 Å². The summed E-state index contributed by atoms with van der Waals surface area (Å²) < 4.78 is 38.8. The number of nitrogens with zero attached hydrogens (tertiary/aromatic N) is 1. The van der Waals surface area contributed by atoms with E-state index in [4.69, 9.17) is 4.74 Å². The average Bonchev–Trinajstić information content (AvgIpc) is 2.74. The zero-order valence-electron chi connectivity index (χ0n) is 17.6. The van der Waals surface area contributed by atoms with E-state index in [1.165, 1.54) is 13.2 Å². The molecule has 0 unspecified atom stereocenters. The van der Waals surface area contributed by atoms with Crippen molar-refractivity contribution in [1.82, 2.24) is 9.62 Å². The predicted octanol–water partition coefficient (Wildman–Crippen LogP) is 2.73. The lowest BCUT2D eigenvalue weighted by Crippen LogP contribution is -2.35. The summed E-state index contributed by atoms with van der Waals surface area (Å²) in [5.41, 5.74) is 1.56. The number of carbonyl (C=O) groups excluding carboxylic acids is 1. The summed E-state index contributed by atoms with van der Waals surface area (Å²) in [5.74, 6) is 0.212. The zero-order valence-corrected chi connectivity index (χ0v) is 18.4. The van der Waals surface area contributed by atoms with Gasteiger partial charge in [-0.25, -0.2) is 17.9 Å². The highest BCUT2D eigenvalue weighted by Gasteiger charge is 2.20. The molecule has 0 aliphatic carbocycles. The molecule has 1 N–H and O–H groups in total. The number of hydrogen-bond acceptors (Lipinski definition) is 6. The molecular weight excluding hydrogens is 404 g/mol. The van der Waals surface area contributed by atoms with E-state index in [0.29, 0.717) is 5.56 Å². The van der Waals surface area contributed by atoms with Gasteiger partial charge in [-0.1, -0.05) is 18.2 Å². The molecule has 1 heterocycles. The van der Waals surface area contributed by atoms with E-state index in [-0.39, 0.29) is 23.1 Å². The van der Waals surface area contributed by atoms with E-state index >= 15 is 0 Å². The van der Waals surface area contributed by atoms with E-state index in [1.54, 1.807) is 19.1 Å². The molecule has 0 amide bonds. The average molecular weight is 433 g/mol. The molecule has 1 saturated heterocycles. The highest BCUT2D eigenvalue weighted by Crippen LogP contribution is 2.21. The lowest BCUT2D eigenvalue weighted by atomic mass is 10.1. The number of sulfonamides is 1. The first-order valence-corrected chi connectivity index (χ1v) is 11.4. The Morgan fingerprint density at radius 2 is 1.80 bits per heavy atom. The molecule has 2 aromatic rings. The Balaban J connectivity index is 1.63. The van der Waals surface area contributed by atoms with Crippen molar-refractivity contribution < 1.29 is 22.7 Å². The second-order valence-electron chi connectivity index (χ2n) is 7.56. The summed E-state index contributed by atoms with van der Waals surface area (Å²) in [6.07, 6.45) is 2.22. The molecule has 0 aromatic heterocycles. The predicted molar refractivity (Wildman–Crippen MR) is 114 cm³/mol. The molecule has 0 saturated carbocycles. The van der Waals surface area contributed by atoms with Crippen LogP contribution in [0.2, 0.25) is 0 Å². The normalized spacial score (nSPS) is 15.7. The molecule has 2 aromatic carbocycles. The fourth-order valence-corrected chi connectivity index (χ4v) is 4.66. The number of likely N-dealkylation sites (tertiary alicyclic amines) is 1. The van der Waals surface area contributed by atoms with Gasteiger partial charge in [0, 0.05) is 19.6 Å². The lowest BCUT2D eigenvalue weighted by Gasteiger charge is -2.29. The van der Waals surface area contributed by atoms with Crippen molar-refractivity contribution in [2.75, 3.05) is 27.2 Å². The number of carbonyl (C=O) groups is 1. The SMILES string of the molecule is COC(=O)c1ccc(C)c(S(=O)(=O)NCc2ccc(OC3CCN(C)CC3)cc2)c1. The van der Waals surface area contributed by atoms with Gasteiger partial charge in [0.1, 0.15) is 11.9 Å². The lowest BCUT2D eigenvalue weighted by molar-refractivity contribution is 0.0600. The number of rotatable bonds is 7. The van der Waals surface area contributed by atoms with Crippen LogP contribution < -0.4 is 9.46 Å². The molecule has 0 radical (unpaired) electrons. The third-order valence-electron chi connectivity index (χ3n) is 5.26.